The molecule has 0 unspecified atom stereocenters. The molecule has 0 radical (unpaired) electrons. The van der Waals surface area contributed by atoms with Gasteiger partial charge in [-0.3, -0.25) is 4.99 Å². The molecular formula is C16H31IN4O3S2. The number of ether oxygens (including phenoxy) is 1. The number of halogens is 1. The van der Waals surface area contributed by atoms with Crippen LogP contribution < -0.4 is 10.6 Å². The molecule has 26 heavy (non-hydrogen) atoms. The summed E-state index contributed by atoms with van der Waals surface area (Å²) >= 11 is 1.34. The molecule has 2 N–H and O–H groups in total. The van der Waals surface area contributed by atoms with Crippen molar-refractivity contribution in [2.75, 3.05) is 46.9 Å². The number of rotatable bonds is 11. The maximum Gasteiger partial charge on any atom is 0.252 e. The van der Waals surface area contributed by atoms with E-state index in [1.165, 1.54) is 15.6 Å². The number of thiophene rings is 1. The van der Waals surface area contributed by atoms with Crippen molar-refractivity contribution >= 4 is 51.3 Å². The minimum absolute atomic E-state index is 0. The molecule has 1 aromatic heterocycles. The molecule has 7 nitrogen and oxygen atoms in total. The van der Waals surface area contributed by atoms with Gasteiger partial charge in [0.25, 0.3) is 10.0 Å². The summed E-state index contributed by atoms with van der Waals surface area (Å²) < 4.78 is 31.9. The van der Waals surface area contributed by atoms with Gasteiger partial charge in [-0.2, -0.15) is 4.31 Å². The van der Waals surface area contributed by atoms with E-state index in [2.05, 4.69) is 15.6 Å². The molecule has 0 bridgehead atoms. The Morgan fingerprint density at radius 1 is 1.23 bits per heavy atom. The van der Waals surface area contributed by atoms with Gasteiger partial charge in [-0.05, 0) is 25.0 Å². The number of nitrogens with zero attached hydrogens (tertiary/aromatic N) is 2. The Hall–Kier alpha value is -0.430. The van der Waals surface area contributed by atoms with E-state index in [0.717, 1.165) is 30.2 Å². The number of hydrogen-bond acceptors (Lipinski definition) is 5. The fraction of sp³-hybridized carbons (Fsp3) is 0.688. The quantitative estimate of drug-likeness (QED) is 0.203. The van der Waals surface area contributed by atoms with Crippen LogP contribution in [0.2, 0.25) is 0 Å². The molecule has 1 aromatic rings. The number of hydrogen-bond donors (Lipinski definition) is 2. The smallest absolute Gasteiger partial charge is 0.252 e. The average molecular weight is 518 g/mol. The molecule has 1 heterocycles. The molecule has 152 valence electrons. The Bertz CT molecular complexity index is 631. The molecule has 0 saturated heterocycles. The van der Waals surface area contributed by atoms with Crippen molar-refractivity contribution in [3.05, 3.63) is 17.0 Å². The molecule has 1 rings (SSSR count). The summed E-state index contributed by atoms with van der Waals surface area (Å²) in [6.07, 6.45) is 1.66. The number of nitrogens with one attached hydrogen (secondary N) is 2. The van der Waals surface area contributed by atoms with Crippen molar-refractivity contribution in [2.45, 2.75) is 30.9 Å². The molecule has 0 aliphatic heterocycles. The van der Waals surface area contributed by atoms with Crippen molar-refractivity contribution in [1.29, 1.82) is 0 Å². The van der Waals surface area contributed by atoms with E-state index in [1.54, 1.807) is 20.2 Å². The standard InChI is InChI=1S/C16H30N4O3S2.HI/c1-5-20(6-2)25(21,22)15-9-8-14(24-15)10-12-19-16(17-3)18-11-7-13-23-4;/h8-9H,5-7,10-13H2,1-4H3,(H2,17,18,19);1H. The first kappa shape index (κ1) is 25.6. The lowest BCUT2D eigenvalue weighted by Crippen LogP contribution is -2.38. The highest BCUT2D eigenvalue weighted by Crippen LogP contribution is 2.25. The lowest BCUT2D eigenvalue weighted by atomic mass is 10.3. The molecule has 10 heteroatoms. The molecule has 0 spiro atoms. The summed E-state index contributed by atoms with van der Waals surface area (Å²) in [6, 6.07) is 3.59. The third-order valence-corrected chi connectivity index (χ3v) is 7.30. The maximum atomic E-state index is 12.5. The lowest BCUT2D eigenvalue weighted by Gasteiger charge is -2.16. The molecule has 0 saturated carbocycles. The highest BCUT2D eigenvalue weighted by atomic mass is 127. The second-order valence-electron chi connectivity index (χ2n) is 5.33. The van der Waals surface area contributed by atoms with Crippen LogP contribution >= 0.6 is 35.3 Å². The van der Waals surface area contributed by atoms with Gasteiger partial charge in [-0.15, -0.1) is 35.3 Å². The Morgan fingerprint density at radius 2 is 1.88 bits per heavy atom. The van der Waals surface area contributed by atoms with E-state index in [1.807, 2.05) is 19.9 Å². The Balaban J connectivity index is 0.00000625. The first-order valence-corrected chi connectivity index (χ1v) is 10.8. The van der Waals surface area contributed by atoms with Crippen LogP contribution in [0.3, 0.4) is 0 Å². The van der Waals surface area contributed by atoms with Gasteiger partial charge in [0.15, 0.2) is 5.96 Å². The second kappa shape index (κ2) is 13.7. The Labute approximate surface area is 178 Å². The van der Waals surface area contributed by atoms with Crippen molar-refractivity contribution in [1.82, 2.24) is 14.9 Å². The van der Waals surface area contributed by atoms with Gasteiger partial charge in [0, 0.05) is 51.8 Å². The van der Waals surface area contributed by atoms with Crippen LogP contribution in [-0.2, 0) is 21.2 Å². The minimum atomic E-state index is -3.36. The minimum Gasteiger partial charge on any atom is -0.385 e. The summed E-state index contributed by atoms with van der Waals surface area (Å²) in [5.41, 5.74) is 0. The summed E-state index contributed by atoms with van der Waals surface area (Å²) in [7, 11) is 0.0507. The van der Waals surface area contributed by atoms with Gasteiger partial charge >= 0.3 is 0 Å². The monoisotopic (exact) mass is 518 g/mol. The summed E-state index contributed by atoms with van der Waals surface area (Å²) in [4.78, 5) is 5.20. The summed E-state index contributed by atoms with van der Waals surface area (Å²) in [5.74, 6) is 0.739. The highest BCUT2D eigenvalue weighted by molar-refractivity contribution is 14.0. The van der Waals surface area contributed by atoms with Gasteiger partial charge in [0.05, 0.1) is 0 Å². The van der Waals surface area contributed by atoms with Crippen molar-refractivity contribution in [3.8, 4) is 0 Å². The van der Waals surface area contributed by atoms with E-state index >= 15 is 0 Å². The number of guanidine groups is 1. The van der Waals surface area contributed by atoms with E-state index in [4.69, 9.17) is 4.74 Å². The van der Waals surface area contributed by atoms with Gasteiger partial charge in [-0.1, -0.05) is 13.8 Å². The van der Waals surface area contributed by atoms with Gasteiger partial charge in [-0.25, -0.2) is 8.42 Å². The van der Waals surface area contributed by atoms with Crippen LogP contribution in [0.5, 0.6) is 0 Å². The highest BCUT2D eigenvalue weighted by Gasteiger charge is 2.23. The molecule has 0 aliphatic carbocycles. The van der Waals surface area contributed by atoms with E-state index in [9.17, 15) is 8.42 Å². The van der Waals surface area contributed by atoms with E-state index in [-0.39, 0.29) is 24.0 Å². The van der Waals surface area contributed by atoms with Crippen LogP contribution in [0.15, 0.2) is 21.3 Å². The third-order valence-electron chi connectivity index (χ3n) is 3.64. The molecule has 0 aliphatic rings. The normalized spacial score (nSPS) is 12.1. The zero-order valence-electron chi connectivity index (χ0n) is 15.9. The van der Waals surface area contributed by atoms with Crippen LogP contribution in [-0.4, -0.2) is 65.6 Å². The predicted molar refractivity (Wildman–Crippen MR) is 119 cm³/mol. The second-order valence-corrected chi connectivity index (χ2v) is 8.67. The van der Waals surface area contributed by atoms with Gasteiger partial charge < -0.3 is 15.4 Å². The molecule has 0 amide bonds. The molecule has 0 fully saturated rings. The largest absolute Gasteiger partial charge is 0.385 e. The number of methoxy groups -OCH3 is 1. The summed E-state index contributed by atoms with van der Waals surface area (Å²) in [5, 5.41) is 6.44. The van der Waals surface area contributed by atoms with Crippen molar-refractivity contribution in [3.63, 3.8) is 0 Å². The lowest BCUT2D eigenvalue weighted by molar-refractivity contribution is 0.195. The first-order chi connectivity index (χ1) is 12.0. The zero-order chi connectivity index (χ0) is 18.7. The van der Waals surface area contributed by atoms with Crippen molar-refractivity contribution in [2.24, 2.45) is 4.99 Å². The van der Waals surface area contributed by atoms with Crippen LogP contribution in [0.4, 0.5) is 0 Å². The van der Waals surface area contributed by atoms with Gasteiger partial charge in [0.1, 0.15) is 4.21 Å². The molecular weight excluding hydrogens is 487 g/mol. The topological polar surface area (TPSA) is 83.0 Å². The van der Waals surface area contributed by atoms with E-state index in [0.29, 0.717) is 30.5 Å². The number of sulfonamides is 1. The van der Waals surface area contributed by atoms with Gasteiger partial charge in [0.2, 0.25) is 0 Å². The molecule has 0 aromatic carbocycles. The third kappa shape index (κ3) is 8.07. The maximum absolute atomic E-state index is 12.5. The van der Waals surface area contributed by atoms with Crippen molar-refractivity contribution < 1.29 is 13.2 Å². The average Bonchev–Trinajstić information content (AvgIpc) is 3.07. The zero-order valence-corrected chi connectivity index (χ0v) is 19.9. The Kier molecular flexibility index (Phi) is 13.5. The fourth-order valence-electron chi connectivity index (χ4n) is 2.27. The number of aliphatic imine (C=N–C) groups is 1. The van der Waals surface area contributed by atoms with Crippen LogP contribution in [0.25, 0.3) is 0 Å². The SMILES string of the molecule is CCN(CC)S(=O)(=O)c1ccc(CCNC(=NC)NCCCOC)s1.I. The van der Waals surface area contributed by atoms with Crippen LogP contribution in [0.1, 0.15) is 25.1 Å². The summed E-state index contributed by atoms with van der Waals surface area (Å²) in [6.45, 7) is 6.86. The van der Waals surface area contributed by atoms with Crippen LogP contribution in [0, 0.1) is 0 Å². The molecule has 0 atom stereocenters. The fourth-order valence-corrected chi connectivity index (χ4v) is 5.24. The predicted octanol–water partition coefficient (Wildman–Crippen LogP) is 2.14. The van der Waals surface area contributed by atoms with E-state index < -0.39 is 10.0 Å². The first-order valence-electron chi connectivity index (χ1n) is 8.51. The Morgan fingerprint density at radius 3 is 2.46 bits per heavy atom.